The second kappa shape index (κ2) is 22.2. The summed E-state index contributed by atoms with van der Waals surface area (Å²) in [5, 5.41) is 22.3. The van der Waals surface area contributed by atoms with Gasteiger partial charge in [-0.15, -0.1) is 0 Å². The second-order valence-corrected chi connectivity index (χ2v) is 13.7. The molecule has 0 unspecified atom stereocenters. The number of nitrogens with zero attached hydrogens (tertiary/aromatic N) is 5. The molecule has 2 aliphatic heterocycles. The number of imide groups is 2. The molecule has 4 aromatic rings. The molecule has 0 spiro atoms. The van der Waals surface area contributed by atoms with E-state index < -0.39 is 28.6 Å². The van der Waals surface area contributed by atoms with Crippen LogP contribution in [0, 0.1) is 10.1 Å². The first-order chi connectivity index (χ1) is 29.3. The predicted molar refractivity (Wildman–Crippen MR) is 214 cm³/mol. The third-order valence-corrected chi connectivity index (χ3v) is 9.76. The Balaban J connectivity index is 0.849. The van der Waals surface area contributed by atoms with Crippen LogP contribution in [0.4, 0.5) is 11.4 Å². The first-order valence-corrected chi connectivity index (χ1v) is 20.0. The van der Waals surface area contributed by atoms with Gasteiger partial charge in [0.25, 0.3) is 23.6 Å². The van der Waals surface area contributed by atoms with E-state index in [1.165, 1.54) is 15.9 Å². The van der Waals surface area contributed by atoms with E-state index in [4.69, 9.17) is 34.2 Å². The van der Waals surface area contributed by atoms with Gasteiger partial charge < -0.3 is 39.5 Å². The molecular weight excluding hydrogens is 786 g/mol. The SMILES string of the molecule is NCCCOCCOCCOCCCN1C(=O)c2ccc3c4c(ccc(c24)C1=O)C(=O)N(CCCOCCOCCOCCCNc1ccc([N+](=O)[O-])c2nonc12)C3=O. The lowest BCUT2D eigenvalue weighted by atomic mass is 9.86. The summed E-state index contributed by atoms with van der Waals surface area (Å²) in [5.41, 5.74) is 7.27. The number of amides is 4. The average Bonchev–Trinajstić information content (AvgIpc) is 3.75. The van der Waals surface area contributed by atoms with Crippen LogP contribution in [0.2, 0.25) is 0 Å². The van der Waals surface area contributed by atoms with Crippen LogP contribution in [0.15, 0.2) is 41.0 Å². The van der Waals surface area contributed by atoms with Crippen molar-refractivity contribution in [3.8, 4) is 0 Å². The molecule has 20 nitrogen and oxygen atoms in total. The van der Waals surface area contributed by atoms with Gasteiger partial charge in [-0.2, -0.15) is 0 Å². The highest BCUT2D eigenvalue weighted by atomic mass is 16.6. The standard InChI is InChI=1S/C40H49N7O13/c41-11-1-15-54-19-23-58-25-21-56-17-3-13-45-37(48)27-5-7-29-34-30(8-6-28(33(27)34)38(45)49)40(51)46(39(29)50)14-4-18-57-22-26-59-24-20-55-16-2-12-42-31-9-10-32(47(52)53)36-35(31)43-60-44-36/h5-10,42H,1-4,11-26,41H2. The monoisotopic (exact) mass is 835 g/mol. The quantitative estimate of drug-likeness (QED) is 0.0345. The number of nitrogens with one attached hydrogen (secondary N) is 1. The highest BCUT2D eigenvalue weighted by Gasteiger charge is 2.39. The number of rotatable bonds is 29. The summed E-state index contributed by atoms with van der Waals surface area (Å²) in [7, 11) is 0. The number of ether oxygens (including phenoxy) is 6. The third kappa shape index (κ3) is 10.6. The molecule has 4 amide bonds. The van der Waals surface area contributed by atoms with E-state index in [1.807, 2.05) is 0 Å². The molecule has 1 aromatic heterocycles. The summed E-state index contributed by atoms with van der Waals surface area (Å²) in [6.07, 6.45) is 2.29. The van der Waals surface area contributed by atoms with Crippen LogP contribution < -0.4 is 11.1 Å². The van der Waals surface area contributed by atoms with Gasteiger partial charge in [-0.1, -0.05) is 0 Å². The van der Waals surface area contributed by atoms with Gasteiger partial charge in [0.05, 0.1) is 63.5 Å². The third-order valence-electron chi connectivity index (χ3n) is 9.76. The van der Waals surface area contributed by atoms with Crippen molar-refractivity contribution in [3.63, 3.8) is 0 Å². The zero-order chi connectivity index (χ0) is 42.3. The van der Waals surface area contributed by atoms with Gasteiger partial charge >= 0.3 is 5.69 Å². The van der Waals surface area contributed by atoms with Crippen LogP contribution in [0.3, 0.4) is 0 Å². The average molecular weight is 836 g/mol. The number of fused-ring (bicyclic) bond motifs is 1. The van der Waals surface area contributed by atoms with E-state index in [2.05, 4.69) is 20.3 Å². The first kappa shape index (κ1) is 44.1. The maximum absolute atomic E-state index is 13.6. The summed E-state index contributed by atoms with van der Waals surface area (Å²) < 4.78 is 37.9. The predicted octanol–water partition coefficient (Wildman–Crippen LogP) is 3.21. The van der Waals surface area contributed by atoms with Gasteiger partial charge in [-0.05, 0) is 72.9 Å². The number of benzene rings is 3. The van der Waals surface area contributed by atoms with E-state index in [0.717, 1.165) is 6.42 Å². The molecule has 60 heavy (non-hydrogen) atoms. The van der Waals surface area contributed by atoms with Crippen LogP contribution in [0.25, 0.3) is 21.8 Å². The smallest absolute Gasteiger partial charge is 0.300 e. The number of non-ortho nitro benzene ring substituents is 1. The van der Waals surface area contributed by atoms with Gasteiger partial charge in [0.1, 0.15) is 0 Å². The molecule has 20 heteroatoms. The van der Waals surface area contributed by atoms with Crippen LogP contribution >= 0.6 is 0 Å². The number of nitro groups is 1. The first-order valence-electron chi connectivity index (χ1n) is 20.0. The summed E-state index contributed by atoms with van der Waals surface area (Å²) in [6.45, 7) is 6.17. The number of nitro benzene ring substituents is 1. The number of carbonyl (C=O) groups is 4. The molecule has 2 aliphatic rings. The van der Waals surface area contributed by atoms with Crippen LogP contribution in [0.1, 0.15) is 67.1 Å². The van der Waals surface area contributed by atoms with Crippen LogP contribution in [-0.2, 0) is 28.4 Å². The Bertz CT molecular complexity index is 2070. The molecule has 0 radical (unpaired) electrons. The van der Waals surface area contributed by atoms with Crippen molar-refractivity contribution in [3.05, 3.63) is 68.8 Å². The highest BCUT2D eigenvalue weighted by Crippen LogP contribution is 2.38. The molecule has 0 saturated carbocycles. The van der Waals surface area contributed by atoms with Crippen LogP contribution in [-0.4, -0.2) is 154 Å². The van der Waals surface area contributed by atoms with E-state index in [1.54, 1.807) is 30.3 Å². The lowest BCUT2D eigenvalue weighted by Crippen LogP contribution is -2.44. The maximum atomic E-state index is 13.6. The van der Waals surface area contributed by atoms with Crippen molar-refractivity contribution < 1.29 is 57.2 Å². The molecule has 0 atom stereocenters. The Hall–Kier alpha value is -5.48. The Kier molecular flexibility index (Phi) is 16.3. The van der Waals surface area contributed by atoms with Gasteiger partial charge in [0.15, 0.2) is 5.52 Å². The number of nitrogens with two attached hydrogens (primary N) is 1. The fourth-order valence-corrected chi connectivity index (χ4v) is 6.84. The van der Waals surface area contributed by atoms with Crippen molar-refractivity contribution in [2.24, 2.45) is 5.73 Å². The van der Waals surface area contributed by atoms with Gasteiger partial charge in [0.2, 0.25) is 5.52 Å². The highest BCUT2D eigenvalue weighted by molar-refractivity contribution is 6.33. The number of hydrogen-bond donors (Lipinski definition) is 2. The van der Waals surface area contributed by atoms with Gasteiger partial charge in [-0.3, -0.25) is 39.1 Å². The lowest BCUT2D eigenvalue weighted by Gasteiger charge is -2.32. The Labute approximate surface area is 344 Å². The minimum atomic E-state index is -0.539. The Morgan fingerprint density at radius 3 is 1.40 bits per heavy atom. The lowest BCUT2D eigenvalue weighted by molar-refractivity contribution is -0.383. The molecule has 3 N–H and O–H groups in total. The molecule has 0 fully saturated rings. The fraction of sp³-hybridized carbons (Fsp3) is 0.500. The normalized spacial score (nSPS) is 13.7. The number of carbonyl (C=O) groups excluding carboxylic acids is 4. The van der Waals surface area contributed by atoms with E-state index in [9.17, 15) is 29.3 Å². The van der Waals surface area contributed by atoms with Crippen molar-refractivity contribution in [2.45, 2.75) is 25.7 Å². The van der Waals surface area contributed by atoms with E-state index in [0.29, 0.717) is 128 Å². The molecule has 0 saturated heterocycles. The summed E-state index contributed by atoms with van der Waals surface area (Å²) >= 11 is 0. The van der Waals surface area contributed by atoms with Crippen molar-refractivity contribution in [1.29, 1.82) is 0 Å². The second-order valence-electron chi connectivity index (χ2n) is 13.7. The zero-order valence-electron chi connectivity index (χ0n) is 33.2. The van der Waals surface area contributed by atoms with Gasteiger partial charge in [-0.25, -0.2) is 4.63 Å². The van der Waals surface area contributed by atoms with Crippen LogP contribution in [0.5, 0.6) is 0 Å². The minimum absolute atomic E-state index is 0.0837. The summed E-state index contributed by atoms with van der Waals surface area (Å²) in [5.74, 6) is -1.95. The number of hydrogen-bond acceptors (Lipinski definition) is 17. The number of anilines is 1. The largest absolute Gasteiger partial charge is 0.383 e. The molecule has 0 bridgehead atoms. The fourth-order valence-electron chi connectivity index (χ4n) is 6.84. The molecular formula is C40H49N7O13. The molecule has 0 aliphatic carbocycles. The molecule has 3 heterocycles. The molecule has 322 valence electrons. The van der Waals surface area contributed by atoms with Gasteiger partial charge in [0, 0.05) is 85.2 Å². The van der Waals surface area contributed by atoms with Crippen molar-refractivity contribution in [2.75, 3.05) is 111 Å². The van der Waals surface area contributed by atoms with E-state index >= 15 is 0 Å². The summed E-state index contributed by atoms with van der Waals surface area (Å²) in [6, 6.07) is 9.12. The number of aromatic nitrogens is 2. The zero-order valence-corrected chi connectivity index (χ0v) is 33.2. The van der Waals surface area contributed by atoms with Crippen molar-refractivity contribution in [1.82, 2.24) is 20.1 Å². The van der Waals surface area contributed by atoms with Crippen molar-refractivity contribution >= 4 is 56.8 Å². The molecule has 3 aromatic carbocycles. The minimum Gasteiger partial charge on any atom is -0.383 e. The van der Waals surface area contributed by atoms with E-state index in [-0.39, 0.29) is 52.1 Å². The maximum Gasteiger partial charge on any atom is 0.300 e. The Morgan fingerprint density at radius 1 is 0.567 bits per heavy atom. The molecule has 6 rings (SSSR count). The Morgan fingerprint density at radius 2 is 0.967 bits per heavy atom. The topological polar surface area (TPSA) is 250 Å². The summed E-state index contributed by atoms with van der Waals surface area (Å²) in [4.78, 5) is 67.2.